The zero-order valence-corrected chi connectivity index (χ0v) is 13.4. The SMILES string of the molecule is Cc1cccc(C)c1N=Cc1cc(C(C)(C)C)ccc1O. The molecule has 0 aliphatic heterocycles. The van der Waals surface area contributed by atoms with Gasteiger partial charge in [-0.25, -0.2) is 0 Å². The van der Waals surface area contributed by atoms with Crippen molar-refractivity contribution in [3.05, 3.63) is 58.7 Å². The third kappa shape index (κ3) is 3.52. The lowest BCUT2D eigenvalue weighted by Crippen LogP contribution is -2.11. The van der Waals surface area contributed by atoms with Crippen molar-refractivity contribution < 1.29 is 5.11 Å². The van der Waals surface area contributed by atoms with E-state index < -0.39 is 0 Å². The summed E-state index contributed by atoms with van der Waals surface area (Å²) >= 11 is 0. The van der Waals surface area contributed by atoms with Crippen LogP contribution >= 0.6 is 0 Å². The highest BCUT2D eigenvalue weighted by Crippen LogP contribution is 2.28. The molecule has 0 aliphatic carbocycles. The molecule has 2 aromatic carbocycles. The number of phenolic OH excluding ortho intramolecular Hbond substituents is 1. The molecular weight excluding hydrogens is 258 g/mol. The number of aryl methyl sites for hydroxylation is 2. The zero-order valence-electron chi connectivity index (χ0n) is 13.4. The van der Waals surface area contributed by atoms with Crippen molar-refractivity contribution in [1.82, 2.24) is 0 Å². The predicted molar refractivity (Wildman–Crippen MR) is 90.0 cm³/mol. The average Bonchev–Trinajstić information content (AvgIpc) is 2.38. The maximum atomic E-state index is 10.0. The predicted octanol–water partition coefficient (Wildman–Crippen LogP) is 5.06. The van der Waals surface area contributed by atoms with Crippen LogP contribution in [0.4, 0.5) is 5.69 Å². The quantitative estimate of drug-likeness (QED) is 0.767. The Morgan fingerprint density at radius 2 is 1.62 bits per heavy atom. The molecule has 1 N–H and O–H groups in total. The van der Waals surface area contributed by atoms with Gasteiger partial charge in [-0.2, -0.15) is 0 Å². The van der Waals surface area contributed by atoms with E-state index in [-0.39, 0.29) is 11.2 Å². The van der Waals surface area contributed by atoms with E-state index in [9.17, 15) is 5.11 Å². The summed E-state index contributed by atoms with van der Waals surface area (Å²) in [6, 6.07) is 11.8. The molecule has 0 saturated heterocycles. The van der Waals surface area contributed by atoms with Gasteiger partial charge in [0.15, 0.2) is 0 Å². The summed E-state index contributed by atoms with van der Waals surface area (Å²) in [4.78, 5) is 4.57. The van der Waals surface area contributed by atoms with Crippen LogP contribution in [-0.2, 0) is 5.41 Å². The van der Waals surface area contributed by atoms with Crippen LogP contribution < -0.4 is 0 Å². The summed E-state index contributed by atoms with van der Waals surface area (Å²) in [5, 5.41) is 10.0. The summed E-state index contributed by atoms with van der Waals surface area (Å²) in [7, 11) is 0. The van der Waals surface area contributed by atoms with E-state index in [0.717, 1.165) is 22.4 Å². The minimum absolute atomic E-state index is 0.0505. The first-order chi connectivity index (χ1) is 9.79. The fourth-order valence-corrected chi connectivity index (χ4v) is 2.27. The maximum absolute atomic E-state index is 10.0. The highest BCUT2D eigenvalue weighted by Gasteiger charge is 2.14. The lowest BCUT2D eigenvalue weighted by Gasteiger charge is -2.19. The highest BCUT2D eigenvalue weighted by atomic mass is 16.3. The van der Waals surface area contributed by atoms with Gasteiger partial charge in [0, 0.05) is 11.8 Å². The van der Waals surface area contributed by atoms with Gasteiger partial charge in [0.25, 0.3) is 0 Å². The van der Waals surface area contributed by atoms with Gasteiger partial charge < -0.3 is 5.11 Å². The summed E-state index contributed by atoms with van der Waals surface area (Å²) in [5.41, 5.74) is 5.23. The van der Waals surface area contributed by atoms with E-state index in [4.69, 9.17) is 0 Å². The van der Waals surface area contributed by atoms with Crippen molar-refractivity contribution in [2.24, 2.45) is 4.99 Å². The maximum Gasteiger partial charge on any atom is 0.124 e. The number of hydrogen-bond acceptors (Lipinski definition) is 2. The second kappa shape index (κ2) is 5.72. The molecule has 0 unspecified atom stereocenters. The van der Waals surface area contributed by atoms with E-state index in [2.05, 4.69) is 25.8 Å². The molecule has 110 valence electrons. The number of aromatic hydroxyl groups is 1. The van der Waals surface area contributed by atoms with Gasteiger partial charge in [-0.1, -0.05) is 45.0 Å². The third-order valence-corrected chi connectivity index (χ3v) is 3.67. The lowest BCUT2D eigenvalue weighted by atomic mass is 9.86. The molecule has 21 heavy (non-hydrogen) atoms. The van der Waals surface area contributed by atoms with Gasteiger partial charge in [-0.05, 0) is 48.1 Å². The van der Waals surface area contributed by atoms with Crippen LogP contribution in [0.3, 0.4) is 0 Å². The molecule has 0 bridgehead atoms. The Morgan fingerprint density at radius 3 is 2.19 bits per heavy atom. The van der Waals surface area contributed by atoms with Gasteiger partial charge in [0.1, 0.15) is 5.75 Å². The molecule has 0 radical (unpaired) electrons. The van der Waals surface area contributed by atoms with Gasteiger partial charge in [-0.3, -0.25) is 4.99 Å². The van der Waals surface area contributed by atoms with Crippen molar-refractivity contribution in [1.29, 1.82) is 0 Å². The number of phenols is 1. The minimum atomic E-state index is 0.0505. The molecule has 2 nitrogen and oxygen atoms in total. The molecule has 2 rings (SSSR count). The summed E-state index contributed by atoms with van der Waals surface area (Å²) in [6.45, 7) is 10.6. The smallest absolute Gasteiger partial charge is 0.124 e. The van der Waals surface area contributed by atoms with E-state index in [1.165, 1.54) is 5.56 Å². The largest absolute Gasteiger partial charge is 0.507 e. The number of aliphatic imine (C=N–C) groups is 1. The van der Waals surface area contributed by atoms with E-state index in [1.807, 2.05) is 44.2 Å². The Hall–Kier alpha value is -2.09. The molecule has 0 saturated carbocycles. The lowest BCUT2D eigenvalue weighted by molar-refractivity contribution is 0.473. The first-order valence-electron chi connectivity index (χ1n) is 7.23. The normalized spacial score (nSPS) is 12.0. The second-order valence-electron chi connectivity index (χ2n) is 6.52. The van der Waals surface area contributed by atoms with E-state index in [1.54, 1.807) is 12.3 Å². The fraction of sp³-hybridized carbons (Fsp3) is 0.316. The summed E-state index contributed by atoms with van der Waals surface area (Å²) < 4.78 is 0. The van der Waals surface area contributed by atoms with Gasteiger partial charge in [-0.15, -0.1) is 0 Å². The van der Waals surface area contributed by atoms with Gasteiger partial charge in [0.05, 0.1) is 5.69 Å². The standard InChI is InChI=1S/C19H23NO/c1-13-7-6-8-14(2)18(13)20-12-15-11-16(19(3,4)5)9-10-17(15)21/h6-12,21H,1-5H3. The summed E-state index contributed by atoms with van der Waals surface area (Å²) in [6.07, 6.45) is 1.75. The topological polar surface area (TPSA) is 32.6 Å². The Morgan fingerprint density at radius 1 is 1.00 bits per heavy atom. The Kier molecular flexibility index (Phi) is 4.17. The molecule has 2 aromatic rings. The molecule has 0 atom stereocenters. The van der Waals surface area contributed by atoms with Crippen LogP contribution in [0.5, 0.6) is 5.75 Å². The molecule has 0 aliphatic rings. The van der Waals surface area contributed by atoms with Crippen LogP contribution in [-0.4, -0.2) is 11.3 Å². The van der Waals surface area contributed by atoms with Crippen LogP contribution in [0.2, 0.25) is 0 Å². The number of nitrogens with zero attached hydrogens (tertiary/aromatic N) is 1. The van der Waals surface area contributed by atoms with Crippen molar-refractivity contribution in [3.63, 3.8) is 0 Å². The molecule has 0 amide bonds. The van der Waals surface area contributed by atoms with Crippen LogP contribution in [0.1, 0.15) is 43.0 Å². The molecule has 0 fully saturated rings. The minimum Gasteiger partial charge on any atom is -0.507 e. The zero-order chi connectivity index (χ0) is 15.6. The number of para-hydroxylation sites is 1. The first-order valence-corrected chi connectivity index (χ1v) is 7.23. The molecule has 2 heteroatoms. The van der Waals surface area contributed by atoms with Crippen molar-refractivity contribution in [3.8, 4) is 5.75 Å². The Balaban J connectivity index is 2.42. The molecule has 0 heterocycles. The summed E-state index contributed by atoms with van der Waals surface area (Å²) in [5.74, 6) is 0.262. The average molecular weight is 281 g/mol. The second-order valence-corrected chi connectivity index (χ2v) is 6.52. The van der Waals surface area contributed by atoms with Crippen molar-refractivity contribution >= 4 is 11.9 Å². The third-order valence-electron chi connectivity index (χ3n) is 3.67. The van der Waals surface area contributed by atoms with Crippen molar-refractivity contribution in [2.45, 2.75) is 40.0 Å². The number of rotatable bonds is 2. The number of benzene rings is 2. The molecular formula is C19H23NO. The van der Waals surface area contributed by atoms with Crippen LogP contribution in [0.25, 0.3) is 0 Å². The van der Waals surface area contributed by atoms with E-state index >= 15 is 0 Å². The monoisotopic (exact) mass is 281 g/mol. The number of hydrogen-bond donors (Lipinski definition) is 1. The Labute approximate surface area is 127 Å². The van der Waals surface area contributed by atoms with Crippen molar-refractivity contribution in [2.75, 3.05) is 0 Å². The molecule has 0 aromatic heterocycles. The van der Waals surface area contributed by atoms with E-state index in [0.29, 0.717) is 0 Å². The Bertz CT molecular complexity index is 658. The van der Waals surface area contributed by atoms with Crippen LogP contribution in [0.15, 0.2) is 41.4 Å². The fourth-order valence-electron chi connectivity index (χ4n) is 2.27. The molecule has 0 spiro atoms. The van der Waals surface area contributed by atoms with Crippen LogP contribution in [0, 0.1) is 13.8 Å². The first kappa shape index (κ1) is 15.3. The van der Waals surface area contributed by atoms with Gasteiger partial charge >= 0.3 is 0 Å². The van der Waals surface area contributed by atoms with Gasteiger partial charge in [0.2, 0.25) is 0 Å². The highest BCUT2D eigenvalue weighted by molar-refractivity contribution is 5.86.